The third kappa shape index (κ3) is 4.30. The molecule has 5 rings (SSSR count). The smallest absolute Gasteiger partial charge is 0.335 e. The van der Waals surface area contributed by atoms with Crippen LogP contribution in [0.3, 0.4) is 0 Å². The van der Waals surface area contributed by atoms with Crippen LogP contribution in [-0.2, 0) is 0 Å². The number of carbonyl (C=O) groups is 1. The summed E-state index contributed by atoms with van der Waals surface area (Å²) in [6.45, 7) is 2.04. The lowest BCUT2D eigenvalue weighted by atomic mass is 10.0. The SMILES string of the molecule is Cc1sncc1-c1ccc(-c2ccc(F)s2)c(NSc2cc(C(=O)O)ccc2C2CC2)c1. The molecule has 0 amide bonds. The maximum atomic E-state index is 13.8. The first-order valence-corrected chi connectivity index (χ1v) is 12.5. The van der Waals surface area contributed by atoms with Gasteiger partial charge in [0.25, 0.3) is 0 Å². The predicted molar refractivity (Wildman–Crippen MR) is 130 cm³/mol. The highest BCUT2D eigenvalue weighted by Crippen LogP contribution is 2.45. The van der Waals surface area contributed by atoms with Crippen LogP contribution in [0.25, 0.3) is 21.6 Å². The Morgan fingerprint density at radius 1 is 1.16 bits per heavy atom. The Kier molecular flexibility index (Phi) is 5.75. The van der Waals surface area contributed by atoms with Crippen molar-refractivity contribution in [2.75, 3.05) is 4.72 Å². The number of nitrogens with zero attached hydrogens (tertiary/aromatic N) is 1. The van der Waals surface area contributed by atoms with Crippen LogP contribution in [0, 0.1) is 12.1 Å². The molecule has 0 spiro atoms. The molecule has 8 heteroatoms. The molecular weight excluding hydrogens is 463 g/mol. The van der Waals surface area contributed by atoms with E-state index in [0.717, 1.165) is 61.2 Å². The van der Waals surface area contributed by atoms with Crippen molar-refractivity contribution in [2.45, 2.75) is 30.6 Å². The molecule has 4 nitrogen and oxygen atoms in total. The zero-order chi connectivity index (χ0) is 22.2. The van der Waals surface area contributed by atoms with Crippen molar-refractivity contribution in [3.05, 3.63) is 75.9 Å². The molecule has 1 fully saturated rings. The molecule has 2 heterocycles. The van der Waals surface area contributed by atoms with Crippen molar-refractivity contribution < 1.29 is 14.3 Å². The second kappa shape index (κ2) is 8.69. The van der Waals surface area contributed by atoms with Crippen LogP contribution in [0.15, 0.2) is 59.6 Å². The summed E-state index contributed by atoms with van der Waals surface area (Å²) >= 11 is 3.97. The molecular formula is C24H19FN2O2S3. The van der Waals surface area contributed by atoms with Crippen LogP contribution in [0.2, 0.25) is 0 Å². The second-order valence-electron chi connectivity index (χ2n) is 7.70. The molecule has 2 aromatic carbocycles. The minimum atomic E-state index is -0.939. The van der Waals surface area contributed by atoms with Crippen LogP contribution in [0.5, 0.6) is 0 Å². The normalized spacial score (nSPS) is 13.3. The Morgan fingerprint density at radius 2 is 2.00 bits per heavy atom. The number of aromatic nitrogens is 1. The number of carboxylic acids is 1. The summed E-state index contributed by atoms with van der Waals surface area (Å²) in [5, 5.41) is 9.20. The van der Waals surface area contributed by atoms with E-state index in [9.17, 15) is 14.3 Å². The number of anilines is 1. The van der Waals surface area contributed by atoms with E-state index in [1.807, 2.05) is 31.3 Å². The van der Waals surface area contributed by atoms with Crippen molar-refractivity contribution >= 4 is 46.5 Å². The summed E-state index contributed by atoms with van der Waals surface area (Å²) in [6, 6.07) is 14.7. The fourth-order valence-electron chi connectivity index (χ4n) is 3.64. The summed E-state index contributed by atoms with van der Waals surface area (Å²) in [6.07, 6.45) is 4.11. The summed E-state index contributed by atoms with van der Waals surface area (Å²) in [5.74, 6) is -0.453. The van der Waals surface area contributed by atoms with Gasteiger partial charge in [-0.15, -0.1) is 11.3 Å². The minimum absolute atomic E-state index is 0.231. The van der Waals surface area contributed by atoms with Gasteiger partial charge < -0.3 is 9.83 Å². The van der Waals surface area contributed by atoms with E-state index in [2.05, 4.69) is 15.2 Å². The molecule has 2 N–H and O–H groups in total. The van der Waals surface area contributed by atoms with E-state index in [4.69, 9.17) is 0 Å². The van der Waals surface area contributed by atoms with E-state index in [-0.39, 0.29) is 10.7 Å². The Balaban J connectivity index is 1.53. The fourth-order valence-corrected chi connectivity index (χ4v) is 5.93. The van der Waals surface area contributed by atoms with Gasteiger partial charge in [-0.2, -0.15) is 4.39 Å². The first kappa shape index (κ1) is 21.2. The van der Waals surface area contributed by atoms with Gasteiger partial charge in [-0.3, -0.25) is 0 Å². The number of aromatic carboxylic acids is 1. The van der Waals surface area contributed by atoms with Crippen LogP contribution in [0.1, 0.15) is 39.6 Å². The monoisotopic (exact) mass is 482 g/mol. The molecule has 1 aliphatic carbocycles. The van der Waals surface area contributed by atoms with Crippen molar-refractivity contribution in [1.82, 2.24) is 4.37 Å². The van der Waals surface area contributed by atoms with Gasteiger partial charge in [-0.25, -0.2) is 9.17 Å². The second-order valence-corrected chi connectivity index (χ2v) is 10.6. The summed E-state index contributed by atoms with van der Waals surface area (Å²) in [5.41, 5.74) is 5.29. The van der Waals surface area contributed by atoms with E-state index in [0.29, 0.717) is 5.92 Å². The number of hydrogen-bond acceptors (Lipinski definition) is 6. The molecule has 0 atom stereocenters. The highest BCUT2D eigenvalue weighted by atomic mass is 32.2. The minimum Gasteiger partial charge on any atom is -0.478 e. The fraction of sp³-hybridized carbons (Fsp3) is 0.167. The standard InChI is InChI=1S/C24H19FN2O2S3/c1-13-19(12-26-31-13)15-4-7-18(21-8-9-23(25)30-21)20(10-15)27-32-22-11-16(24(28)29)5-6-17(22)14-2-3-14/h4-12,14,27H,2-3H2,1H3,(H,28,29). The highest BCUT2D eigenvalue weighted by Gasteiger charge is 2.27. The van der Waals surface area contributed by atoms with Gasteiger partial charge in [0.2, 0.25) is 0 Å². The van der Waals surface area contributed by atoms with Crippen molar-refractivity contribution in [1.29, 1.82) is 0 Å². The van der Waals surface area contributed by atoms with Gasteiger partial charge in [0.1, 0.15) is 0 Å². The first-order chi connectivity index (χ1) is 15.5. The number of carboxylic acid groups (broad SMARTS) is 1. The molecule has 32 heavy (non-hydrogen) atoms. The number of hydrogen-bond donors (Lipinski definition) is 2. The van der Waals surface area contributed by atoms with E-state index < -0.39 is 5.97 Å². The summed E-state index contributed by atoms with van der Waals surface area (Å²) in [7, 11) is 0. The van der Waals surface area contributed by atoms with Gasteiger partial charge in [0, 0.05) is 32.0 Å². The lowest BCUT2D eigenvalue weighted by Gasteiger charge is -2.15. The zero-order valence-corrected chi connectivity index (χ0v) is 19.5. The van der Waals surface area contributed by atoms with Gasteiger partial charge in [0.05, 0.1) is 11.3 Å². The zero-order valence-electron chi connectivity index (χ0n) is 17.1. The largest absolute Gasteiger partial charge is 0.478 e. The lowest BCUT2D eigenvalue weighted by Crippen LogP contribution is -1.99. The van der Waals surface area contributed by atoms with Gasteiger partial charge in [-0.05, 0) is 90.6 Å². The maximum Gasteiger partial charge on any atom is 0.335 e. The number of thiophene rings is 1. The Morgan fingerprint density at radius 3 is 2.66 bits per heavy atom. The number of aryl methyl sites for hydroxylation is 1. The molecule has 0 aliphatic heterocycles. The molecule has 0 radical (unpaired) electrons. The van der Waals surface area contributed by atoms with Gasteiger partial charge >= 0.3 is 5.97 Å². The maximum absolute atomic E-state index is 13.8. The number of halogens is 1. The van der Waals surface area contributed by atoms with Gasteiger partial charge in [0.15, 0.2) is 5.13 Å². The molecule has 0 saturated heterocycles. The molecule has 0 unspecified atom stereocenters. The summed E-state index contributed by atoms with van der Waals surface area (Å²) < 4.78 is 21.5. The number of benzene rings is 2. The Labute approximate surface area is 197 Å². The third-order valence-corrected chi connectivity index (χ3v) is 7.98. The lowest BCUT2D eigenvalue weighted by molar-refractivity contribution is 0.0696. The van der Waals surface area contributed by atoms with Crippen LogP contribution in [0.4, 0.5) is 10.1 Å². The highest BCUT2D eigenvalue weighted by molar-refractivity contribution is 8.00. The average Bonchev–Trinajstić information content (AvgIpc) is 3.40. The first-order valence-electron chi connectivity index (χ1n) is 10.1. The van der Waals surface area contributed by atoms with Gasteiger partial charge in [-0.1, -0.05) is 18.2 Å². The molecule has 1 aliphatic rings. The average molecular weight is 483 g/mol. The topological polar surface area (TPSA) is 62.2 Å². The van der Waals surface area contributed by atoms with Crippen molar-refractivity contribution in [3.8, 4) is 21.6 Å². The molecule has 162 valence electrons. The summed E-state index contributed by atoms with van der Waals surface area (Å²) in [4.78, 5) is 14.4. The quantitative estimate of drug-likeness (QED) is 0.265. The van der Waals surface area contributed by atoms with Crippen molar-refractivity contribution in [3.63, 3.8) is 0 Å². The van der Waals surface area contributed by atoms with E-state index in [1.54, 1.807) is 18.2 Å². The Hall–Kier alpha value is -2.68. The van der Waals surface area contributed by atoms with Crippen LogP contribution < -0.4 is 4.72 Å². The van der Waals surface area contributed by atoms with E-state index in [1.165, 1.54) is 35.1 Å². The van der Waals surface area contributed by atoms with E-state index >= 15 is 0 Å². The molecule has 0 bridgehead atoms. The number of rotatable bonds is 7. The van der Waals surface area contributed by atoms with Crippen LogP contribution in [-0.4, -0.2) is 15.4 Å². The van der Waals surface area contributed by atoms with Crippen LogP contribution >= 0.6 is 34.8 Å². The molecule has 4 aromatic rings. The Bertz CT molecular complexity index is 1310. The third-order valence-electron chi connectivity index (χ3n) is 5.47. The predicted octanol–water partition coefficient (Wildman–Crippen LogP) is 7.68. The van der Waals surface area contributed by atoms with Crippen molar-refractivity contribution in [2.24, 2.45) is 0 Å². The number of nitrogens with one attached hydrogen (secondary N) is 1. The molecule has 2 aromatic heterocycles. The molecule has 1 saturated carbocycles.